The molecule has 2 nitrogen and oxygen atoms in total. The largest absolute Gasteiger partial charge is 0.573 e. The Bertz CT molecular complexity index is 430. The molecule has 0 aliphatic heterocycles. The Morgan fingerprint density at radius 1 is 1.24 bits per heavy atom. The highest BCUT2D eigenvalue weighted by molar-refractivity contribution is 9.10. The average Bonchev–Trinajstić information content (AvgIpc) is 2.12. The Labute approximate surface area is 100 Å². The summed E-state index contributed by atoms with van der Waals surface area (Å²) in [5, 5.41) is 0. The van der Waals surface area contributed by atoms with Gasteiger partial charge >= 0.3 is 12.8 Å². The van der Waals surface area contributed by atoms with Crippen molar-refractivity contribution in [3.8, 4) is 5.75 Å². The van der Waals surface area contributed by atoms with Crippen LogP contribution in [0, 0.1) is 0 Å². The zero-order valence-corrected chi connectivity index (χ0v) is 9.48. The van der Waals surface area contributed by atoms with Gasteiger partial charge in [0.2, 0.25) is 5.78 Å². The zero-order chi connectivity index (χ0) is 13.2. The average molecular weight is 319 g/mol. The van der Waals surface area contributed by atoms with Crippen LogP contribution in [0.2, 0.25) is 0 Å². The van der Waals surface area contributed by atoms with Gasteiger partial charge in [0.1, 0.15) is 5.75 Å². The van der Waals surface area contributed by atoms with Gasteiger partial charge in [0.05, 0.1) is 0 Å². The van der Waals surface area contributed by atoms with Gasteiger partial charge in [-0.05, 0) is 18.2 Å². The fraction of sp³-hybridized carbons (Fsp3) is 0.222. The molecule has 0 heterocycles. The molecule has 8 heteroatoms. The lowest BCUT2D eigenvalue weighted by molar-refractivity contribution is -0.274. The molecule has 0 unspecified atom stereocenters. The molecule has 94 valence electrons. The Morgan fingerprint density at radius 2 is 1.82 bits per heavy atom. The number of carbonyl (C=O) groups excluding carboxylic acids is 1. The number of hydrogen-bond acceptors (Lipinski definition) is 2. The van der Waals surface area contributed by atoms with Crippen molar-refractivity contribution >= 4 is 21.7 Å². The maximum Gasteiger partial charge on any atom is 0.573 e. The predicted molar refractivity (Wildman–Crippen MR) is 51.2 cm³/mol. The second kappa shape index (κ2) is 4.99. The van der Waals surface area contributed by atoms with E-state index in [0.29, 0.717) is 6.07 Å². The first-order valence-electron chi connectivity index (χ1n) is 4.08. The van der Waals surface area contributed by atoms with Crippen molar-refractivity contribution in [3.63, 3.8) is 0 Å². The van der Waals surface area contributed by atoms with Gasteiger partial charge in [0, 0.05) is 10.0 Å². The summed E-state index contributed by atoms with van der Waals surface area (Å²) in [4.78, 5) is 10.9. The fourth-order valence-corrected chi connectivity index (χ4v) is 1.50. The molecule has 0 aromatic heterocycles. The molecule has 0 saturated carbocycles. The maximum atomic E-state index is 12.1. The molecule has 0 aliphatic carbocycles. The molecule has 0 fully saturated rings. The van der Waals surface area contributed by atoms with E-state index in [2.05, 4.69) is 20.7 Å². The summed E-state index contributed by atoms with van der Waals surface area (Å²) in [6.07, 6.45) is -8.24. The quantitative estimate of drug-likeness (QED) is 0.626. The van der Waals surface area contributed by atoms with Gasteiger partial charge in [-0.1, -0.05) is 15.9 Å². The lowest BCUT2D eigenvalue weighted by Crippen LogP contribution is -2.18. The van der Waals surface area contributed by atoms with E-state index in [4.69, 9.17) is 0 Å². The van der Waals surface area contributed by atoms with E-state index in [1.807, 2.05) is 0 Å². The number of hydrogen-bond donors (Lipinski definition) is 0. The molecule has 0 atom stereocenters. The summed E-state index contributed by atoms with van der Waals surface area (Å²) in [7, 11) is 0. The second-order valence-electron chi connectivity index (χ2n) is 2.89. The Morgan fingerprint density at radius 3 is 2.29 bits per heavy atom. The zero-order valence-electron chi connectivity index (χ0n) is 7.89. The third-order valence-electron chi connectivity index (χ3n) is 1.59. The molecule has 0 bridgehead atoms. The van der Waals surface area contributed by atoms with Crippen molar-refractivity contribution in [2.45, 2.75) is 12.8 Å². The number of ether oxygens (including phenoxy) is 1. The Kier molecular flexibility index (Phi) is 4.07. The molecular formula is C9H4BrF5O2. The minimum Gasteiger partial charge on any atom is -0.406 e. The first-order valence-corrected chi connectivity index (χ1v) is 4.87. The van der Waals surface area contributed by atoms with Gasteiger partial charge < -0.3 is 4.74 Å². The molecule has 1 rings (SSSR count). The molecule has 0 amide bonds. The molecule has 0 N–H and O–H groups in total. The summed E-state index contributed by atoms with van der Waals surface area (Å²) >= 11 is 2.79. The standard InChI is InChI=1S/C9H4BrF5O2/c10-5-1-4(7(16)8(11)12)2-6(3-5)17-9(13,14)15/h1-3,8H. The normalized spacial score (nSPS) is 11.7. The van der Waals surface area contributed by atoms with Crippen molar-refractivity contribution in [1.82, 2.24) is 0 Å². The van der Waals surface area contributed by atoms with Crippen LogP contribution in [0.4, 0.5) is 22.0 Å². The summed E-state index contributed by atoms with van der Waals surface area (Å²) in [6, 6.07) is 2.50. The number of carbonyl (C=O) groups is 1. The number of ketones is 1. The van der Waals surface area contributed by atoms with Crippen LogP contribution >= 0.6 is 15.9 Å². The van der Waals surface area contributed by atoms with Crippen LogP contribution in [0.25, 0.3) is 0 Å². The number of benzene rings is 1. The van der Waals surface area contributed by atoms with Crippen molar-refractivity contribution in [2.75, 3.05) is 0 Å². The molecule has 1 aromatic rings. The molecule has 0 aliphatic rings. The molecule has 0 saturated heterocycles. The van der Waals surface area contributed by atoms with E-state index < -0.39 is 29.9 Å². The van der Waals surface area contributed by atoms with Crippen molar-refractivity contribution in [2.24, 2.45) is 0 Å². The smallest absolute Gasteiger partial charge is 0.406 e. The molecule has 0 spiro atoms. The molecule has 1 aromatic carbocycles. The first kappa shape index (κ1) is 13.9. The SMILES string of the molecule is O=C(c1cc(Br)cc(OC(F)(F)F)c1)C(F)F. The first-order chi connectivity index (χ1) is 7.69. The number of rotatable bonds is 3. The predicted octanol–water partition coefficient (Wildman–Crippen LogP) is 3.80. The second-order valence-corrected chi connectivity index (χ2v) is 3.80. The van der Waals surface area contributed by atoms with Crippen LogP contribution < -0.4 is 4.74 Å². The molecular weight excluding hydrogens is 315 g/mol. The fourth-order valence-electron chi connectivity index (χ4n) is 1.02. The highest BCUT2D eigenvalue weighted by Crippen LogP contribution is 2.28. The van der Waals surface area contributed by atoms with Crippen LogP contribution in [0.5, 0.6) is 5.75 Å². The Balaban J connectivity index is 3.07. The van der Waals surface area contributed by atoms with Crippen LogP contribution in [-0.2, 0) is 0 Å². The minimum absolute atomic E-state index is 0.0308. The number of Topliss-reactive ketones (excluding diaryl/α,β-unsaturated/α-hetero) is 1. The van der Waals surface area contributed by atoms with E-state index in [0.717, 1.165) is 12.1 Å². The Hall–Kier alpha value is -1.18. The maximum absolute atomic E-state index is 12.1. The number of halogens is 6. The van der Waals surface area contributed by atoms with E-state index in [1.165, 1.54) is 0 Å². The van der Waals surface area contributed by atoms with Crippen molar-refractivity contribution < 1.29 is 31.5 Å². The topological polar surface area (TPSA) is 26.3 Å². The van der Waals surface area contributed by atoms with Crippen LogP contribution in [0.3, 0.4) is 0 Å². The minimum atomic E-state index is -4.95. The highest BCUT2D eigenvalue weighted by Gasteiger charge is 2.31. The molecule has 17 heavy (non-hydrogen) atoms. The van der Waals surface area contributed by atoms with Crippen LogP contribution in [-0.4, -0.2) is 18.6 Å². The van der Waals surface area contributed by atoms with E-state index in [9.17, 15) is 26.7 Å². The van der Waals surface area contributed by atoms with E-state index in [-0.39, 0.29) is 4.47 Å². The van der Waals surface area contributed by atoms with Gasteiger partial charge in [0.25, 0.3) is 0 Å². The summed E-state index contributed by atoms with van der Waals surface area (Å²) in [6.45, 7) is 0. The highest BCUT2D eigenvalue weighted by atomic mass is 79.9. The molecule has 0 radical (unpaired) electrons. The summed E-state index contributed by atoms with van der Waals surface area (Å²) in [5.74, 6) is -2.31. The van der Waals surface area contributed by atoms with Crippen molar-refractivity contribution in [1.29, 1.82) is 0 Å². The third-order valence-corrected chi connectivity index (χ3v) is 2.05. The van der Waals surface area contributed by atoms with Gasteiger partial charge in [-0.3, -0.25) is 4.79 Å². The van der Waals surface area contributed by atoms with Gasteiger partial charge in [-0.2, -0.15) is 0 Å². The monoisotopic (exact) mass is 318 g/mol. The van der Waals surface area contributed by atoms with Gasteiger partial charge in [0.15, 0.2) is 0 Å². The van der Waals surface area contributed by atoms with Crippen molar-refractivity contribution in [3.05, 3.63) is 28.2 Å². The van der Waals surface area contributed by atoms with Crippen LogP contribution in [0.1, 0.15) is 10.4 Å². The van der Waals surface area contributed by atoms with Crippen LogP contribution in [0.15, 0.2) is 22.7 Å². The van der Waals surface area contributed by atoms with Gasteiger partial charge in [-0.15, -0.1) is 13.2 Å². The summed E-state index contributed by atoms with van der Waals surface area (Å²) < 4.78 is 63.4. The van der Waals surface area contributed by atoms with E-state index in [1.54, 1.807) is 0 Å². The lowest BCUT2D eigenvalue weighted by Gasteiger charge is -2.10. The lowest BCUT2D eigenvalue weighted by atomic mass is 10.1. The number of alkyl halides is 5. The van der Waals surface area contributed by atoms with Gasteiger partial charge in [-0.25, -0.2) is 8.78 Å². The summed E-state index contributed by atoms with van der Waals surface area (Å²) in [5.41, 5.74) is -0.561. The van der Waals surface area contributed by atoms with E-state index >= 15 is 0 Å². The third kappa shape index (κ3) is 4.29.